The quantitative estimate of drug-likeness (QED) is 0.839. The summed E-state index contributed by atoms with van der Waals surface area (Å²) < 4.78 is 5.44. The van der Waals surface area contributed by atoms with Crippen molar-refractivity contribution in [2.75, 3.05) is 44.3 Å². The van der Waals surface area contributed by atoms with Gasteiger partial charge < -0.3 is 21.1 Å². The zero-order chi connectivity index (χ0) is 14.7. The van der Waals surface area contributed by atoms with Crippen LogP contribution < -0.4 is 11.5 Å². The minimum atomic E-state index is 0.569. The molecule has 4 nitrogen and oxygen atoms in total. The molecule has 0 radical (unpaired) electrons. The number of ether oxygens (including phenoxy) is 1. The van der Waals surface area contributed by atoms with Crippen LogP contribution in [0.4, 0.5) is 11.4 Å². The Balaban J connectivity index is 1.53. The zero-order valence-corrected chi connectivity index (χ0v) is 12.8. The lowest BCUT2D eigenvalue weighted by Gasteiger charge is -2.35. The number of nitrogens with zero attached hydrogens (tertiary/aromatic N) is 1. The summed E-state index contributed by atoms with van der Waals surface area (Å²) in [6.45, 7) is 5.48. The predicted octanol–water partition coefficient (Wildman–Crippen LogP) is 2.46. The van der Waals surface area contributed by atoms with Gasteiger partial charge in [0, 0.05) is 19.8 Å². The van der Waals surface area contributed by atoms with E-state index in [0.29, 0.717) is 5.92 Å². The smallest absolute Gasteiger partial charge is 0.0583 e. The third-order valence-electron chi connectivity index (χ3n) is 5.06. The number of nitrogens with two attached hydrogens (primary N) is 2. The third-order valence-corrected chi connectivity index (χ3v) is 5.06. The molecule has 0 aliphatic carbocycles. The van der Waals surface area contributed by atoms with Crippen LogP contribution in [0.2, 0.25) is 0 Å². The van der Waals surface area contributed by atoms with Gasteiger partial charge in [-0.1, -0.05) is 12.1 Å². The Morgan fingerprint density at radius 3 is 2.48 bits per heavy atom. The molecule has 1 aromatic carbocycles. The summed E-state index contributed by atoms with van der Waals surface area (Å²) in [5, 5.41) is 0. The lowest BCUT2D eigenvalue weighted by Crippen LogP contribution is -2.38. The molecule has 2 aliphatic heterocycles. The molecule has 4 heteroatoms. The predicted molar refractivity (Wildman–Crippen MR) is 87.2 cm³/mol. The molecule has 2 heterocycles. The van der Waals surface area contributed by atoms with E-state index in [1.807, 2.05) is 12.1 Å². The van der Waals surface area contributed by atoms with E-state index in [1.54, 1.807) is 0 Å². The average molecular weight is 289 g/mol. The Morgan fingerprint density at radius 2 is 1.76 bits per heavy atom. The average Bonchev–Trinajstić information content (AvgIpc) is 2.52. The van der Waals surface area contributed by atoms with Crippen LogP contribution in [0.5, 0.6) is 0 Å². The van der Waals surface area contributed by atoms with Crippen LogP contribution in [-0.2, 0) is 4.74 Å². The van der Waals surface area contributed by atoms with E-state index in [0.717, 1.165) is 30.5 Å². The molecule has 0 saturated carbocycles. The van der Waals surface area contributed by atoms with Crippen molar-refractivity contribution in [1.82, 2.24) is 4.90 Å². The summed E-state index contributed by atoms with van der Waals surface area (Å²) in [7, 11) is 0. The Kier molecular flexibility index (Phi) is 4.66. The minimum Gasteiger partial charge on any atom is -0.397 e. The monoisotopic (exact) mass is 289 g/mol. The van der Waals surface area contributed by atoms with Gasteiger partial charge in [0.05, 0.1) is 11.4 Å². The van der Waals surface area contributed by atoms with Gasteiger partial charge in [-0.05, 0) is 62.2 Å². The van der Waals surface area contributed by atoms with Gasteiger partial charge in [-0.25, -0.2) is 0 Å². The van der Waals surface area contributed by atoms with Gasteiger partial charge in [-0.15, -0.1) is 0 Å². The Bertz CT molecular complexity index is 463. The normalized spacial score (nSPS) is 22.5. The molecule has 3 rings (SSSR count). The highest BCUT2D eigenvalue weighted by molar-refractivity contribution is 5.68. The summed E-state index contributed by atoms with van der Waals surface area (Å²) in [6.07, 6.45) is 4.83. The molecule has 2 aliphatic rings. The van der Waals surface area contributed by atoms with Crippen molar-refractivity contribution in [3.63, 3.8) is 0 Å². The van der Waals surface area contributed by atoms with Crippen LogP contribution in [0.25, 0.3) is 0 Å². The summed E-state index contributed by atoms with van der Waals surface area (Å²) in [5.74, 6) is 1.40. The summed E-state index contributed by atoms with van der Waals surface area (Å²) in [5.41, 5.74) is 14.8. The van der Waals surface area contributed by atoms with Crippen molar-refractivity contribution in [2.24, 2.45) is 5.92 Å². The van der Waals surface area contributed by atoms with Gasteiger partial charge >= 0.3 is 0 Å². The number of hydrogen-bond acceptors (Lipinski definition) is 4. The second-order valence-corrected chi connectivity index (χ2v) is 6.48. The topological polar surface area (TPSA) is 64.5 Å². The standard InChI is InChI=1S/C17H27N3O/c18-16-3-1-2-15(17(16)19)14-4-8-20(9-5-14)12-13-6-10-21-11-7-13/h1-3,13-14H,4-12,18-19H2. The van der Waals surface area contributed by atoms with Crippen molar-refractivity contribution >= 4 is 11.4 Å². The maximum Gasteiger partial charge on any atom is 0.0583 e. The molecule has 4 N–H and O–H groups in total. The van der Waals surface area contributed by atoms with E-state index in [1.165, 1.54) is 50.9 Å². The largest absolute Gasteiger partial charge is 0.397 e. The first-order chi connectivity index (χ1) is 10.2. The molecule has 21 heavy (non-hydrogen) atoms. The number of nitrogen functional groups attached to an aromatic ring is 2. The number of hydrogen-bond donors (Lipinski definition) is 2. The minimum absolute atomic E-state index is 0.569. The fourth-order valence-electron chi connectivity index (χ4n) is 3.68. The first-order valence-electron chi connectivity index (χ1n) is 8.18. The van der Waals surface area contributed by atoms with Crippen molar-refractivity contribution in [3.05, 3.63) is 23.8 Å². The summed E-state index contributed by atoms with van der Waals surface area (Å²) >= 11 is 0. The highest BCUT2D eigenvalue weighted by atomic mass is 16.5. The van der Waals surface area contributed by atoms with Crippen LogP contribution >= 0.6 is 0 Å². The Morgan fingerprint density at radius 1 is 1.05 bits per heavy atom. The fraction of sp³-hybridized carbons (Fsp3) is 0.647. The van der Waals surface area contributed by atoms with E-state index in [2.05, 4.69) is 11.0 Å². The lowest BCUT2D eigenvalue weighted by molar-refractivity contribution is 0.0488. The highest BCUT2D eigenvalue weighted by Gasteiger charge is 2.25. The van der Waals surface area contributed by atoms with Crippen LogP contribution in [0, 0.1) is 5.92 Å². The van der Waals surface area contributed by atoms with E-state index < -0.39 is 0 Å². The molecular weight excluding hydrogens is 262 g/mol. The first kappa shape index (κ1) is 14.7. The second-order valence-electron chi connectivity index (χ2n) is 6.48. The van der Waals surface area contributed by atoms with Gasteiger partial charge in [0.15, 0.2) is 0 Å². The van der Waals surface area contributed by atoms with Gasteiger partial charge in [0.2, 0.25) is 0 Å². The molecular formula is C17H27N3O. The van der Waals surface area contributed by atoms with Gasteiger partial charge in [0.25, 0.3) is 0 Å². The lowest BCUT2D eigenvalue weighted by atomic mass is 9.87. The molecule has 116 valence electrons. The van der Waals surface area contributed by atoms with Crippen LogP contribution in [0.3, 0.4) is 0 Å². The van der Waals surface area contributed by atoms with Crippen molar-refractivity contribution in [2.45, 2.75) is 31.6 Å². The summed E-state index contributed by atoms with van der Waals surface area (Å²) in [4.78, 5) is 2.62. The number of para-hydroxylation sites is 1. The summed E-state index contributed by atoms with van der Waals surface area (Å²) in [6, 6.07) is 6.05. The van der Waals surface area contributed by atoms with Crippen LogP contribution in [0.1, 0.15) is 37.2 Å². The number of benzene rings is 1. The number of piperidine rings is 1. The van der Waals surface area contributed by atoms with Gasteiger partial charge in [-0.2, -0.15) is 0 Å². The maximum absolute atomic E-state index is 6.15. The Labute approximate surface area is 127 Å². The highest BCUT2D eigenvalue weighted by Crippen LogP contribution is 2.34. The molecule has 0 atom stereocenters. The van der Waals surface area contributed by atoms with E-state index in [9.17, 15) is 0 Å². The second kappa shape index (κ2) is 6.67. The molecule has 1 aromatic rings. The maximum atomic E-state index is 6.15. The third kappa shape index (κ3) is 3.50. The van der Waals surface area contributed by atoms with E-state index in [-0.39, 0.29) is 0 Å². The number of rotatable bonds is 3. The fourth-order valence-corrected chi connectivity index (χ4v) is 3.68. The molecule has 2 saturated heterocycles. The van der Waals surface area contributed by atoms with Crippen LogP contribution in [-0.4, -0.2) is 37.7 Å². The molecule has 0 spiro atoms. The van der Waals surface area contributed by atoms with Crippen molar-refractivity contribution < 1.29 is 4.74 Å². The molecule has 0 aromatic heterocycles. The molecule has 0 unspecified atom stereocenters. The first-order valence-corrected chi connectivity index (χ1v) is 8.18. The SMILES string of the molecule is Nc1cccc(C2CCN(CC3CCOCC3)CC2)c1N. The van der Waals surface area contributed by atoms with Crippen molar-refractivity contribution in [1.29, 1.82) is 0 Å². The van der Waals surface area contributed by atoms with Crippen LogP contribution in [0.15, 0.2) is 18.2 Å². The van der Waals surface area contributed by atoms with Gasteiger partial charge in [-0.3, -0.25) is 0 Å². The van der Waals surface area contributed by atoms with E-state index in [4.69, 9.17) is 16.2 Å². The Hall–Kier alpha value is -1.26. The van der Waals surface area contributed by atoms with Crippen molar-refractivity contribution in [3.8, 4) is 0 Å². The molecule has 0 bridgehead atoms. The molecule has 2 fully saturated rings. The van der Waals surface area contributed by atoms with E-state index >= 15 is 0 Å². The molecule has 0 amide bonds. The number of anilines is 2. The zero-order valence-electron chi connectivity index (χ0n) is 12.8. The van der Waals surface area contributed by atoms with Gasteiger partial charge in [0.1, 0.15) is 0 Å². The number of likely N-dealkylation sites (tertiary alicyclic amines) is 1.